The van der Waals surface area contributed by atoms with E-state index in [1.54, 1.807) is 18.1 Å². The number of hydrogen-bond donors (Lipinski definition) is 0. The van der Waals surface area contributed by atoms with Crippen LogP contribution in [0.2, 0.25) is 0 Å². The molecule has 0 atom stereocenters. The highest BCUT2D eigenvalue weighted by molar-refractivity contribution is 5.76. The average molecular weight is 369 g/mol. The van der Waals surface area contributed by atoms with Crippen molar-refractivity contribution in [3.63, 3.8) is 0 Å². The van der Waals surface area contributed by atoms with E-state index in [1.165, 1.54) is 25.7 Å². The summed E-state index contributed by atoms with van der Waals surface area (Å²) in [6.45, 7) is 4.54. The highest BCUT2D eigenvalue weighted by Crippen LogP contribution is 2.29. The Morgan fingerprint density at radius 1 is 1.33 bits per heavy atom. The predicted octanol–water partition coefficient (Wildman–Crippen LogP) is 4.23. The number of rotatable bonds is 9. The van der Waals surface area contributed by atoms with Crippen LogP contribution in [0.1, 0.15) is 44.4 Å². The van der Waals surface area contributed by atoms with Crippen LogP contribution in [0.3, 0.4) is 0 Å². The molecule has 27 heavy (non-hydrogen) atoms. The molecule has 6 nitrogen and oxygen atoms in total. The minimum Gasteiger partial charge on any atom is -0.497 e. The van der Waals surface area contributed by atoms with Gasteiger partial charge in [0, 0.05) is 18.5 Å². The van der Waals surface area contributed by atoms with Crippen LogP contribution in [-0.4, -0.2) is 34.6 Å². The molecule has 0 saturated heterocycles. The molecule has 3 rings (SSSR count). The summed E-state index contributed by atoms with van der Waals surface area (Å²) in [5, 5.41) is 4.03. The van der Waals surface area contributed by atoms with E-state index >= 15 is 0 Å². The number of methoxy groups -OCH3 is 1. The van der Waals surface area contributed by atoms with Gasteiger partial charge in [-0.2, -0.15) is 4.98 Å². The lowest BCUT2D eigenvalue weighted by Gasteiger charge is -2.20. The molecule has 1 saturated carbocycles. The van der Waals surface area contributed by atoms with E-state index in [-0.39, 0.29) is 5.91 Å². The smallest absolute Gasteiger partial charge is 0.246 e. The lowest BCUT2D eigenvalue weighted by molar-refractivity contribution is -0.131. The summed E-state index contributed by atoms with van der Waals surface area (Å²) in [6, 6.07) is 7.45. The van der Waals surface area contributed by atoms with Crippen LogP contribution < -0.4 is 4.74 Å². The number of amides is 1. The summed E-state index contributed by atoms with van der Waals surface area (Å²) in [5.41, 5.74) is 0.841. The highest BCUT2D eigenvalue weighted by Gasteiger charge is 2.20. The SMILES string of the molecule is C=CCN(Cc1nc(-c2ccc(OC)cc2)no1)C(=O)CCC1CCCC1. The van der Waals surface area contributed by atoms with Crippen LogP contribution in [0, 0.1) is 5.92 Å². The molecule has 144 valence electrons. The second-order valence-corrected chi connectivity index (χ2v) is 6.99. The van der Waals surface area contributed by atoms with Crippen molar-refractivity contribution in [2.45, 2.75) is 45.1 Å². The topological polar surface area (TPSA) is 68.5 Å². The van der Waals surface area contributed by atoms with Crippen LogP contribution in [0.15, 0.2) is 41.4 Å². The summed E-state index contributed by atoms with van der Waals surface area (Å²) in [6.07, 6.45) is 8.36. The van der Waals surface area contributed by atoms with Gasteiger partial charge in [-0.3, -0.25) is 4.79 Å². The first kappa shape index (κ1) is 19.1. The number of carbonyl (C=O) groups is 1. The van der Waals surface area contributed by atoms with Crippen molar-refractivity contribution in [1.82, 2.24) is 15.0 Å². The summed E-state index contributed by atoms with van der Waals surface area (Å²) in [5.74, 6) is 2.52. The molecular formula is C21H27N3O3. The lowest BCUT2D eigenvalue weighted by Crippen LogP contribution is -2.31. The number of aromatic nitrogens is 2. The molecule has 0 bridgehead atoms. The fourth-order valence-electron chi connectivity index (χ4n) is 3.53. The highest BCUT2D eigenvalue weighted by atomic mass is 16.5. The molecule has 0 spiro atoms. The Labute approximate surface area is 160 Å². The van der Waals surface area contributed by atoms with Crippen molar-refractivity contribution < 1.29 is 14.1 Å². The Morgan fingerprint density at radius 3 is 2.74 bits per heavy atom. The normalized spacial score (nSPS) is 14.3. The molecule has 2 aromatic rings. The monoisotopic (exact) mass is 369 g/mol. The van der Waals surface area contributed by atoms with Gasteiger partial charge >= 0.3 is 0 Å². The summed E-state index contributed by atoms with van der Waals surface area (Å²) >= 11 is 0. The van der Waals surface area contributed by atoms with Crippen molar-refractivity contribution >= 4 is 5.91 Å². The Balaban J connectivity index is 1.60. The second kappa shape index (κ2) is 9.35. The number of hydrogen-bond acceptors (Lipinski definition) is 5. The first-order valence-electron chi connectivity index (χ1n) is 9.55. The minimum absolute atomic E-state index is 0.117. The maximum absolute atomic E-state index is 12.6. The summed E-state index contributed by atoms with van der Waals surface area (Å²) in [4.78, 5) is 18.8. The van der Waals surface area contributed by atoms with Gasteiger partial charge in [0.2, 0.25) is 17.6 Å². The molecule has 0 unspecified atom stereocenters. The van der Waals surface area contributed by atoms with Crippen LogP contribution in [0.4, 0.5) is 0 Å². The van der Waals surface area contributed by atoms with E-state index in [2.05, 4.69) is 16.7 Å². The van der Waals surface area contributed by atoms with Gasteiger partial charge in [0.25, 0.3) is 0 Å². The Kier molecular flexibility index (Phi) is 6.63. The first-order chi connectivity index (χ1) is 13.2. The summed E-state index contributed by atoms with van der Waals surface area (Å²) < 4.78 is 10.5. The zero-order chi connectivity index (χ0) is 19.1. The zero-order valence-electron chi connectivity index (χ0n) is 15.9. The standard InChI is InChI=1S/C21H27N3O3/c1-3-14-24(20(25)13-8-16-6-4-5-7-16)15-19-22-21(23-27-19)17-9-11-18(26-2)12-10-17/h3,9-12,16H,1,4-8,13-15H2,2H3. The van der Waals surface area contributed by atoms with Crippen molar-refractivity contribution in [3.05, 3.63) is 42.8 Å². The molecule has 0 radical (unpaired) electrons. The van der Waals surface area contributed by atoms with Crippen LogP contribution in [0.5, 0.6) is 5.75 Å². The van der Waals surface area contributed by atoms with Gasteiger partial charge in [-0.05, 0) is 36.6 Å². The van der Waals surface area contributed by atoms with Crippen LogP contribution in [-0.2, 0) is 11.3 Å². The van der Waals surface area contributed by atoms with E-state index in [0.29, 0.717) is 37.1 Å². The average Bonchev–Trinajstić information content (AvgIpc) is 3.38. The molecule has 6 heteroatoms. The van der Waals surface area contributed by atoms with Gasteiger partial charge in [0.1, 0.15) is 12.3 Å². The molecule has 0 N–H and O–H groups in total. The largest absolute Gasteiger partial charge is 0.497 e. The number of carbonyl (C=O) groups excluding carboxylic acids is 1. The van der Waals surface area contributed by atoms with Gasteiger partial charge in [-0.1, -0.05) is 36.9 Å². The van der Waals surface area contributed by atoms with Gasteiger partial charge in [-0.25, -0.2) is 0 Å². The molecule has 1 heterocycles. The second-order valence-electron chi connectivity index (χ2n) is 6.99. The van der Waals surface area contributed by atoms with Crippen molar-refractivity contribution in [1.29, 1.82) is 0 Å². The van der Waals surface area contributed by atoms with E-state index in [9.17, 15) is 4.79 Å². The van der Waals surface area contributed by atoms with E-state index in [1.807, 2.05) is 24.3 Å². The summed E-state index contributed by atoms with van der Waals surface area (Å²) in [7, 11) is 1.62. The predicted molar refractivity (Wildman–Crippen MR) is 103 cm³/mol. The fraction of sp³-hybridized carbons (Fsp3) is 0.476. The molecule has 1 amide bonds. The maximum atomic E-state index is 12.6. The minimum atomic E-state index is 0.117. The number of benzene rings is 1. The van der Waals surface area contributed by atoms with Crippen molar-refractivity contribution in [2.24, 2.45) is 5.92 Å². The third-order valence-corrected chi connectivity index (χ3v) is 5.09. The van der Waals surface area contributed by atoms with Crippen LogP contribution in [0.25, 0.3) is 11.4 Å². The van der Waals surface area contributed by atoms with E-state index < -0.39 is 0 Å². The quantitative estimate of drug-likeness (QED) is 0.619. The van der Waals surface area contributed by atoms with Gasteiger partial charge in [0.05, 0.1) is 7.11 Å². The number of ether oxygens (including phenoxy) is 1. The van der Waals surface area contributed by atoms with Crippen molar-refractivity contribution in [3.8, 4) is 17.1 Å². The molecule has 1 fully saturated rings. The third kappa shape index (κ3) is 5.18. The molecule has 1 aromatic carbocycles. The molecule has 0 aliphatic heterocycles. The van der Waals surface area contributed by atoms with Crippen LogP contribution >= 0.6 is 0 Å². The maximum Gasteiger partial charge on any atom is 0.246 e. The number of nitrogens with zero attached hydrogens (tertiary/aromatic N) is 3. The van der Waals surface area contributed by atoms with Gasteiger partial charge in [0.15, 0.2) is 0 Å². The first-order valence-corrected chi connectivity index (χ1v) is 9.55. The third-order valence-electron chi connectivity index (χ3n) is 5.09. The molecule has 1 aliphatic rings. The zero-order valence-corrected chi connectivity index (χ0v) is 15.9. The lowest BCUT2D eigenvalue weighted by atomic mass is 10.0. The van der Waals surface area contributed by atoms with Crippen molar-refractivity contribution in [2.75, 3.05) is 13.7 Å². The van der Waals surface area contributed by atoms with E-state index in [0.717, 1.165) is 17.7 Å². The fourth-order valence-corrected chi connectivity index (χ4v) is 3.53. The van der Waals surface area contributed by atoms with Gasteiger partial charge in [-0.15, -0.1) is 6.58 Å². The Hall–Kier alpha value is -2.63. The molecular weight excluding hydrogens is 342 g/mol. The Bertz CT molecular complexity index is 748. The molecule has 1 aromatic heterocycles. The van der Waals surface area contributed by atoms with Gasteiger partial charge < -0.3 is 14.2 Å². The molecule has 1 aliphatic carbocycles. The van der Waals surface area contributed by atoms with E-state index in [4.69, 9.17) is 9.26 Å². The Morgan fingerprint density at radius 2 is 2.07 bits per heavy atom.